The van der Waals surface area contributed by atoms with E-state index in [4.69, 9.17) is 28.2 Å². The van der Waals surface area contributed by atoms with Crippen molar-refractivity contribution >= 4 is 23.8 Å². The molecule has 0 bridgehead atoms. The zero-order valence-corrected chi connectivity index (χ0v) is 8.95. The molecule has 0 saturated carbocycles. The molecule has 1 heterocycles. The van der Waals surface area contributed by atoms with Crippen LogP contribution < -0.4 is 0 Å². The summed E-state index contributed by atoms with van der Waals surface area (Å²) in [6.07, 6.45) is 0. The van der Waals surface area contributed by atoms with Crippen molar-refractivity contribution in [3.05, 3.63) is 33.6 Å². The first-order valence-corrected chi connectivity index (χ1v) is 4.77. The number of nitrogens with one attached hydrogen (secondary N) is 1. The maximum absolute atomic E-state index is 5.83. The van der Waals surface area contributed by atoms with Crippen LogP contribution in [0.15, 0.2) is 22.6 Å². The highest BCUT2D eigenvalue weighted by Crippen LogP contribution is 2.23. The molecule has 0 atom stereocenters. The van der Waals surface area contributed by atoms with E-state index in [-0.39, 0.29) is 4.84 Å². The van der Waals surface area contributed by atoms with Crippen LogP contribution in [0.4, 0.5) is 0 Å². The molecule has 1 N–H and O–H groups in total. The summed E-state index contributed by atoms with van der Waals surface area (Å²) in [5.74, 6) is 0.490. The lowest BCUT2D eigenvalue weighted by Crippen LogP contribution is -1.83. The first-order chi connectivity index (χ1) is 6.66. The average molecular weight is 227 g/mol. The molecular weight excluding hydrogens is 220 g/mol. The molecule has 1 aromatic carbocycles. The standard InChI is InChI=1S/C9H7ClN2OS/c1-5-4-6(10)2-3-7(5)8-11-12-9(14)13-8/h2-4H,1H3,(H,12,14). The summed E-state index contributed by atoms with van der Waals surface area (Å²) in [5.41, 5.74) is 1.89. The fourth-order valence-electron chi connectivity index (χ4n) is 1.21. The van der Waals surface area contributed by atoms with Crippen LogP contribution >= 0.6 is 23.8 Å². The van der Waals surface area contributed by atoms with Crippen LogP contribution in [0.5, 0.6) is 0 Å². The quantitative estimate of drug-likeness (QED) is 0.759. The van der Waals surface area contributed by atoms with Crippen molar-refractivity contribution < 1.29 is 4.42 Å². The molecule has 0 aliphatic heterocycles. The molecule has 0 aliphatic carbocycles. The number of benzene rings is 1. The lowest BCUT2D eigenvalue weighted by molar-refractivity contribution is 0.551. The Kier molecular flexibility index (Phi) is 2.39. The lowest BCUT2D eigenvalue weighted by atomic mass is 10.1. The third kappa shape index (κ3) is 1.71. The molecule has 0 fully saturated rings. The van der Waals surface area contributed by atoms with Crippen LogP contribution in [-0.4, -0.2) is 10.2 Å². The van der Waals surface area contributed by atoms with Crippen molar-refractivity contribution in [2.24, 2.45) is 0 Å². The van der Waals surface area contributed by atoms with Crippen LogP contribution in [0.3, 0.4) is 0 Å². The fraction of sp³-hybridized carbons (Fsp3) is 0.111. The molecule has 72 valence electrons. The minimum Gasteiger partial charge on any atom is -0.409 e. The van der Waals surface area contributed by atoms with E-state index in [1.165, 1.54) is 0 Å². The SMILES string of the molecule is Cc1cc(Cl)ccc1-c1n[nH]c(=S)o1. The molecule has 2 aromatic rings. The van der Waals surface area contributed by atoms with Gasteiger partial charge in [-0.25, -0.2) is 5.10 Å². The van der Waals surface area contributed by atoms with Gasteiger partial charge in [0.15, 0.2) is 0 Å². The fourth-order valence-corrected chi connectivity index (χ4v) is 1.56. The number of aryl methyl sites for hydroxylation is 1. The summed E-state index contributed by atoms with van der Waals surface area (Å²) in [6, 6.07) is 5.49. The second-order valence-corrected chi connectivity index (χ2v) is 3.68. The molecule has 2 rings (SSSR count). The zero-order valence-electron chi connectivity index (χ0n) is 7.37. The van der Waals surface area contributed by atoms with Crippen LogP contribution in [0.1, 0.15) is 5.56 Å². The highest BCUT2D eigenvalue weighted by Gasteiger charge is 2.07. The summed E-state index contributed by atoms with van der Waals surface area (Å²) >= 11 is 10.6. The first-order valence-electron chi connectivity index (χ1n) is 3.99. The second-order valence-electron chi connectivity index (χ2n) is 2.88. The van der Waals surface area contributed by atoms with E-state index in [0.717, 1.165) is 11.1 Å². The average Bonchev–Trinajstić information content (AvgIpc) is 2.51. The Morgan fingerprint density at radius 3 is 2.86 bits per heavy atom. The van der Waals surface area contributed by atoms with Crippen molar-refractivity contribution in [1.82, 2.24) is 10.2 Å². The van der Waals surface area contributed by atoms with Crippen LogP contribution in [0.25, 0.3) is 11.5 Å². The summed E-state index contributed by atoms with van der Waals surface area (Å²) in [7, 11) is 0. The molecule has 1 aromatic heterocycles. The van der Waals surface area contributed by atoms with E-state index in [0.29, 0.717) is 10.9 Å². The molecular formula is C9H7ClN2OS. The van der Waals surface area contributed by atoms with Gasteiger partial charge in [-0.2, -0.15) is 0 Å². The number of halogens is 1. The normalized spacial score (nSPS) is 10.4. The van der Waals surface area contributed by atoms with Crippen molar-refractivity contribution in [1.29, 1.82) is 0 Å². The van der Waals surface area contributed by atoms with E-state index in [2.05, 4.69) is 10.2 Å². The van der Waals surface area contributed by atoms with Crippen LogP contribution in [0, 0.1) is 11.8 Å². The molecule has 0 aliphatic rings. The maximum atomic E-state index is 5.83. The van der Waals surface area contributed by atoms with Crippen LogP contribution in [-0.2, 0) is 0 Å². The Morgan fingerprint density at radius 1 is 1.50 bits per heavy atom. The lowest BCUT2D eigenvalue weighted by Gasteiger charge is -2.00. The number of aromatic nitrogens is 2. The smallest absolute Gasteiger partial charge is 0.284 e. The van der Waals surface area contributed by atoms with Gasteiger partial charge < -0.3 is 4.42 Å². The van der Waals surface area contributed by atoms with Gasteiger partial charge in [-0.3, -0.25) is 0 Å². The van der Waals surface area contributed by atoms with E-state index in [1.807, 2.05) is 19.1 Å². The molecule has 0 saturated heterocycles. The molecule has 14 heavy (non-hydrogen) atoms. The van der Waals surface area contributed by atoms with E-state index in [1.54, 1.807) is 6.07 Å². The number of rotatable bonds is 1. The number of hydrogen-bond acceptors (Lipinski definition) is 3. The molecule has 0 amide bonds. The Labute approximate surface area is 90.7 Å². The van der Waals surface area contributed by atoms with Gasteiger partial charge in [0.05, 0.1) is 0 Å². The van der Waals surface area contributed by atoms with Crippen molar-refractivity contribution in [2.75, 3.05) is 0 Å². The Morgan fingerprint density at radius 2 is 2.29 bits per heavy atom. The second kappa shape index (κ2) is 3.55. The van der Waals surface area contributed by atoms with E-state index in [9.17, 15) is 0 Å². The summed E-state index contributed by atoms with van der Waals surface area (Å²) in [5, 5.41) is 7.21. The zero-order chi connectivity index (χ0) is 10.1. The molecule has 3 nitrogen and oxygen atoms in total. The predicted molar refractivity (Wildman–Crippen MR) is 56.9 cm³/mol. The summed E-state index contributed by atoms with van der Waals surface area (Å²) in [4.78, 5) is 0.273. The predicted octanol–water partition coefficient (Wildman–Crippen LogP) is 3.36. The van der Waals surface area contributed by atoms with Gasteiger partial charge in [-0.15, -0.1) is 5.10 Å². The molecule has 0 unspecified atom stereocenters. The van der Waals surface area contributed by atoms with Gasteiger partial charge in [-0.05, 0) is 42.9 Å². The summed E-state index contributed by atoms with van der Waals surface area (Å²) < 4.78 is 5.20. The van der Waals surface area contributed by atoms with E-state index >= 15 is 0 Å². The van der Waals surface area contributed by atoms with Crippen molar-refractivity contribution in [3.8, 4) is 11.5 Å². The van der Waals surface area contributed by atoms with Gasteiger partial charge in [0.1, 0.15) is 0 Å². The molecule has 5 heteroatoms. The molecule has 0 spiro atoms. The first kappa shape index (κ1) is 9.43. The van der Waals surface area contributed by atoms with Gasteiger partial charge in [0.25, 0.3) is 4.84 Å². The van der Waals surface area contributed by atoms with Gasteiger partial charge in [0.2, 0.25) is 5.89 Å². The van der Waals surface area contributed by atoms with E-state index < -0.39 is 0 Å². The van der Waals surface area contributed by atoms with Crippen molar-refractivity contribution in [2.45, 2.75) is 6.92 Å². The van der Waals surface area contributed by atoms with Gasteiger partial charge >= 0.3 is 0 Å². The Bertz CT molecular complexity index is 518. The van der Waals surface area contributed by atoms with Crippen LogP contribution in [0.2, 0.25) is 5.02 Å². The number of nitrogens with zero attached hydrogens (tertiary/aromatic N) is 1. The number of aromatic amines is 1. The Hall–Kier alpha value is -1.13. The highest BCUT2D eigenvalue weighted by atomic mass is 35.5. The third-order valence-electron chi connectivity index (χ3n) is 1.86. The maximum Gasteiger partial charge on any atom is 0.284 e. The topological polar surface area (TPSA) is 41.8 Å². The van der Waals surface area contributed by atoms with Crippen molar-refractivity contribution in [3.63, 3.8) is 0 Å². The molecule has 0 radical (unpaired) electrons. The third-order valence-corrected chi connectivity index (χ3v) is 2.27. The highest BCUT2D eigenvalue weighted by molar-refractivity contribution is 7.71. The monoisotopic (exact) mass is 226 g/mol. The summed E-state index contributed by atoms with van der Waals surface area (Å²) in [6.45, 7) is 1.94. The van der Waals surface area contributed by atoms with Gasteiger partial charge in [0, 0.05) is 10.6 Å². The Balaban J connectivity index is 2.57. The minimum atomic E-state index is 0.273. The number of hydrogen-bond donors (Lipinski definition) is 1. The largest absolute Gasteiger partial charge is 0.409 e. The van der Waals surface area contributed by atoms with Gasteiger partial charge in [-0.1, -0.05) is 11.6 Å². The number of H-pyrrole nitrogens is 1. The minimum absolute atomic E-state index is 0.273.